The highest BCUT2D eigenvalue weighted by atomic mass is 79.9. The molecule has 2 saturated heterocycles. The van der Waals surface area contributed by atoms with Crippen LogP contribution in [0.15, 0.2) is 79.9 Å². The summed E-state index contributed by atoms with van der Waals surface area (Å²) < 4.78 is 67.8. The molecule has 0 radical (unpaired) electrons. The third-order valence-corrected chi connectivity index (χ3v) is 16.7. The van der Waals surface area contributed by atoms with Gasteiger partial charge in [0.2, 0.25) is 37.8 Å². The van der Waals surface area contributed by atoms with Crippen molar-refractivity contribution in [2.24, 2.45) is 17.6 Å². The minimum Gasteiger partial charge on any atom is -0.467 e. The van der Waals surface area contributed by atoms with Gasteiger partial charge in [-0.05, 0) is 93.2 Å². The lowest BCUT2D eigenvalue weighted by Gasteiger charge is -2.34. The van der Waals surface area contributed by atoms with Crippen molar-refractivity contribution in [1.82, 2.24) is 24.6 Å². The molecule has 2 aliphatic heterocycles. The van der Waals surface area contributed by atoms with E-state index in [0.29, 0.717) is 15.4 Å². The van der Waals surface area contributed by atoms with E-state index in [2.05, 4.69) is 53.2 Å². The zero-order chi connectivity index (χ0) is 48.2. The smallest absolute Gasteiger partial charge is 0.328 e. The molecule has 6 rings (SSSR count). The number of likely N-dealkylation sites (tertiary alicyclic amines) is 2. The van der Waals surface area contributed by atoms with Crippen molar-refractivity contribution in [1.29, 1.82) is 0 Å². The summed E-state index contributed by atoms with van der Waals surface area (Å²) in [6.07, 6.45) is 12.2. The number of sulfonamides is 2. The van der Waals surface area contributed by atoms with Crippen LogP contribution in [0, 0.1) is 11.8 Å². The number of benzene rings is 2. The monoisotopic (exact) mass is 1120 g/mol. The quantitative estimate of drug-likeness (QED) is 0.127. The summed E-state index contributed by atoms with van der Waals surface area (Å²) in [5, 5.41) is 2.90. The Bertz CT molecular complexity index is 2280. The van der Waals surface area contributed by atoms with Gasteiger partial charge in [-0.2, -0.15) is 0 Å². The van der Waals surface area contributed by atoms with Gasteiger partial charge >= 0.3 is 11.9 Å². The Balaban J connectivity index is 0.000000293. The van der Waals surface area contributed by atoms with E-state index in [1.807, 2.05) is 0 Å². The number of carbonyl (C=O) groups is 5. The van der Waals surface area contributed by atoms with Crippen LogP contribution >= 0.6 is 44.3 Å². The minimum atomic E-state index is -3.89. The van der Waals surface area contributed by atoms with Gasteiger partial charge in [-0.25, -0.2) is 35.9 Å². The standard InChI is InChI=1S/C25H34BrN3O6S.C20H28BrN3O5S.ClH/c1-3-4-13-22(30)27-23(17-9-6-5-7-10-17)24(31)29-16-19(15-21(29)25(32)35-2)28-36(33,34)20-12-8-11-18(26)14-20;1-29-20(26)17-11-15(23-30(27,28)16-9-5-8-14(21)10-16)12-24(17)19(25)18(22)13-6-3-2-4-7-13;/h3,8,11-12,14,17,19,21,23,28H,1,4-7,9-10,13,15-16H2,2H3,(H,27,30);5,8-10,13,15,17-18,23H,2-4,6-7,11-12,22H2,1H3;1H/t19-,21+,23+;15-,17+,18+;/m11./s1. The third kappa shape index (κ3) is 15.3. The Labute approximate surface area is 417 Å². The average Bonchev–Trinajstić information content (AvgIpc) is 3.93. The van der Waals surface area contributed by atoms with Crippen molar-refractivity contribution in [3.63, 3.8) is 0 Å². The van der Waals surface area contributed by atoms with Crippen molar-refractivity contribution < 1.29 is 50.3 Å². The number of nitrogens with one attached hydrogen (secondary N) is 3. The number of esters is 2. The number of halogens is 3. The summed E-state index contributed by atoms with van der Waals surface area (Å²) in [7, 11) is -5.21. The first kappa shape index (κ1) is 56.2. The van der Waals surface area contributed by atoms with E-state index >= 15 is 0 Å². The number of hydrogen-bond donors (Lipinski definition) is 4. The van der Waals surface area contributed by atoms with E-state index in [1.54, 1.807) is 30.3 Å². The van der Waals surface area contributed by atoms with Crippen LogP contribution in [0.2, 0.25) is 0 Å². The van der Waals surface area contributed by atoms with E-state index < -0.39 is 68.2 Å². The van der Waals surface area contributed by atoms with Crippen LogP contribution in [0.1, 0.15) is 89.9 Å². The van der Waals surface area contributed by atoms with Crippen molar-refractivity contribution in [2.75, 3.05) is 27.3 Å². The van der Waals surface area contributed by atoms with Crippen LogP contribution in [-0.4, -0.2) is 120 Å². The molecular formula is C45H63Br2ClN6O11S2. The van der Waals surface area contributed by atoms with Gasteiger partial charge in [0.05, 0.1) is 30.1 Å². The Morgan fingerprint density at radius 3 is 1.58 bits per heavy atom. The number of ether oxygens (including phenoxy) is 2. The number of nitrogens with two attached hydrogens (primary N) is 1. The Morgan fingerprint density at radius 2 is 1.16 bits per heavy atom. The van der Waals surface area contributed by atoms with Gasteiger partial charge in [0.1, 0.15) is 18.1 Å². The second kappa shape index (κ2) is 26.0. The average molecular weight is 1120 g/mol. The van der Waals surface area contributed by atoms with Gasteiger partial charge in [0.15, 0.2) is 0 Å². The lowest BCUT2D eigenvalue weighted by atomic mass is 9.83. The van der Waals surface area contributed by atoms with E-state index in [0.717, 1.165) is 64.2 Å². The fraction of sp³-hybridized carbons (Fsp3) is 0.578. The van der Waals surface area contributed by atoms with E-state index in [9.17, 15) is 40.8 Å². The Hall–Kier alpha value is -3.44. The van der Waals surface area contributed by atoms with Gasteiger partial charge < -0.3 is 30.3 Å². The van der Waals surface area contributed by atoms with Crippen LogP contribution in [0.4, 0.5) is 0 Å². The number of rotatable bonds is 16. The Kier molecular flexibility index (Phi) is 21.8. The molecular weight excluding hydrogens is 1060 g/mol. The van der Waals surface area contributed by atoms with Gasteiger partial charge in [-0.3, -0.25) is 14.4 Å². The zero-order valence-electron chi connectivity index (χ0n) is 37.8. The predicted octanol–water partition coefficient (Wildman–Crippen LogP) is 5.10. The summed E-state index contributed by atoms with van der Waals surface area (Å²) >= 11 is 6.54. The number of amides is 3. The number of nitrogens with zero attached hydrogens (tertiary/aromatic N) is 2. The first-order valence-electron chi connectivity index (χ1n) is 22.4. The van der Waals surface area contributed by atoms with Gasteiger partial charge in [-0.15, -0.1) is 19.0 Å². The molecule has 372 valence electrons. The minimum absolute atomic E-state index is 0. The molecule has 4 aliphatic rings. The molecule has 3 amide bonds. The molecule has 2 aromatic rings. The number of carbonyl (C=O) groups excluding carboxylic acids is 5. The first-order chi connectivity index (χ1) is 31.4. The third-order valence-electron chi connectivity index (χ3n) is 12.7. The van der Waals surface area contributed by atoms with Gasteiger partial charge in [0.25, 0.3) is 0 Å². The molecule has 4 fully saturated rings. The molecule has 17 nitrogen and oxygen atoms in total. The van der Waals surface area contributed by atoms with Gasteiger partial charge in [0, 0.05) is 40.5 Å². The number of hydrogen-bond acceptors (Lipinski definition) is 12. The molecule has 2 aromatic carbocycles. The lowest BCUT2D eigenvalue weighted by molar-refractivity contribution is -0.152. The summed E-state index contributed by atoms with van der Waals surface area (Å²) in [6.45, 7) is 3.71. The molecule has 0 spiro atoms. The highest BCUT2D eigenvalue weighted by molar-refractivity contribution is 9.10. The van der Waals surface area contributed by atoms with E-state index in [4.69, 9.17) is 15.2 Å². The maximum absolute atomic E-state index is 13.8. The fourth-order valence-electron chi connectivity index (χ4n) is 9.28. The maximum Gasteiger partial charge on any atom is 0.328 e. The lowest BCUT2D eigenvalue weighted by Crippen LogP contribution is -2.55. The summed E-state index contributed by atoms with van der Waals surface area (Å²) in [4.78, 5) is 67.4. The SMILES string of the molecule is C=CCCC(=O)N[C@H](C(=O)N1C[C@H](NS(=O)(=O)c2cccc(Br)c2)C[C@H]1C(=O)OC)C1CCCCC1.COC(=O)[C@@H]1C[C@@H](NS(=O)(=O)c2cccc(Br)c2)CN1C(=O)[C@@H](N)C1CCCCC1.Cl. The number of methoxy groups -OCH3 is 2. The number of allylic oxidation sites excluding steroid dienone is 1. The summed E-state index contributed by atoms with van der Waals surface area (Å²) in [6, 6.07) is 8.05. The van der Waals surface area contributed by atoms with E-state index in [1.165, 1.54) is 48.3 Å². The maximum atomic E-state index is 13.8. The molecule has 0 bridgehead atoms. The van der Waals surface area contributed by atoms with Crippen LogP contribution in [0.3, 0.4) is 0 Å². The molecule has 22 heteroatoms. The van der Waals surface area contributed by atoms with Crippen LogP contribution in [-0.2, 0) is 53.5 Å². The molecule has 5 N–H and O–H groups in total. The van der Waals surface area contributed by atoms with Crippen molar-refractivity contribution in [2.45, 2.75) is 136 Å². The molecule has 6 atom stereocenters. The highest BCUT2D eigenvalue weighted by Crippen LogP contribution is 2.32. The largest absolute Gasteiger partial charge is 0.467 e. The second-order valence-corrected chi connectivity index (χ2v) is 22.5. The molecule has 2 saturated carbocycles. The molecule has 0 unspecified atom stereocenters. The highest BCUT2D eigenvalue weighted by Gasteiger charge is 2.46. The summed E-state index contributed by atoms with van der Waals surface area (Å²) in [5.74, 6) is -2.10. The van der Waals surface area contributed by atoms with Gasteiger partial charge in [-0.1, -0.05) is 88.6 Å². The van der Waals surface area contributed by atoms with Crippen LogP contribution < -0.4 is 20.5 Å². The van der Waals surface area contributed by atoms with Crippen LogP contribution in [0.5, 0.6) is 0 Å². The Morgan fingerprint density at radius 1 is 0.731 bits per heavy atom. The molecule has 2 heterocycles. The first-order valence-corrected chi connectivity index (χ1v) is 26.9. The zero-order valence-corrected chi connectivity index (χ0v) is 43.4. The second-order valence-electron chi connectivity index (χ2n) is 17.3. The molecule has 0 aromatic heterocycles. The summed E-state index contributed by atoms with van der Waals surface area (Å²) in [5.41, 5.74) is 6.27. The van der Waals surface area contributed by atoms with Crippen molar-refractivity contribution in [3.8, 4) is 0 Å². The molecule has 2 aliphatic carbocycles. The fourth-order valence-corrected chi connectivity index (χ4v) is 13.0. The molecule has 67 heavy (non-hydrogen) atoms. The van der Waals surface area contributed by atoms with Crippen LogP contribution in [0.25, 0.3) is 0 Å². The van der Waals surface area contributed by atoms with E-state index in [-0.39, 0.29) is 84.1 Å². The normalized spacial score (nSPS) is 22.3. The predicted molar refractivity (Wildman–Crippen MR) is 261 cm³/mol. The van der Waals surface area contributed by atoms with Crippen molar-refractivity contribution >= 4 is 94.0 Å². The topological polar surface area (TPSA) is 241 Å². The van der Waals surface area contributed by atoms with Crippen molar-refractivity contribution in [3.05, 3.63) is 70.1 Å².